The standard InChI is InChI=1S/C9H15NO3/c1-6(11)9-4-8(13-3)5-10(9)7(2)12/h8-9H,4-5H2,1-3H3. The van der Waals surface area contributed by atoms with Crippen LogP contribution in [0.25, 0.3) is 0 Å². The number of methoxy groups -OCH3 is 1. The van der Waals surface area contributed by atoms with Gasteiger partial charge in [-0.25, -0.2) is 0 Å². The maximum Gasteiger partial charge on any atom is 0.220 e. The number of hydrogen-bond acceptors (Lipinski definition) is 3. The Kier molecular flexibility index (Phi) is 3.03. The lowest BCUT2D eigenvalue weighted by Gasteiger charge is -2.19. The average molecular weight is 185 g/mol. The van der Waals surface area contributed by atoms with Crippen LogP contribution in [0.15, 0.2) is 0 Å². The van der Waals surface area contributed by atoms with E-state index in [9.17, 15) is 9.59 Å². The lowest BCUT2D eigenvalue weighted by atomic mass is 10.1. The van der Waals surface area contributed by atoms with Crippen molar-refractivity contribution in [3.63, 3.8) is 0 Å². The number of ketones is 1. The molecule has 1 rings (SSSR count). The number of carbonyl (C=O) groups excluding carboxylic acids is 2. The number of hydrogen-bond donors (Lipinski definition) is 0. The molecule has 0 N–H and O–H groups in total. The van der Waals surface area contributed by atoms with E-state index in [4.69, 9.17) is 4.74 Å². The highest BCUT2D eigenvalue weighted by molar-refractivity contribution is 5.87. The van der Waals surface area contributed by atoms with Crippen molar-refractivity contribution < 1.29 is 14.3 Å². The molecule has 1 amide bonds. The number of rotatable bonds is 2. The summed E-state index contributed by atoms with van der Waals surface area (Å²) in [5, 5.41) is 0. The van der Waals surface area contributed by atoms with Crippen LogP contribution in [0.2, 0.25) is 0 Å². The SMILES string of the molecule is COC1CC(C(C)=O)N(C(C)=O)C1. The minimum Gasteiger partial charge on any atom is -0.380 e. The van der Waals surface area contributed by atoms with E-state index in [2.05, 4.69) is 0 Å². The molecule has 1 heterocycles. The van der Waals surface area contributed by atoms with Crippen LogP contribution < -0.4 is 0 Å². The largest absolute Gasteiger partial charge is 0.380 e. The van der Waals surface area contributed by atoms with Crippen LogP contribution in [-0.2, 0) is 14.3 Å². The van der Waals surface area contributed by atoms with Crippen LogP contribution >= 0.6 is 0 Å². The first-order chi connectivity index (χ1) is 6.06. The number of ether oxygens (including phenoxy) is 1. The number of Topliss-reactive ketones (excluding diaryl/α,β-unsaturated/α-hetero) is 1. The maximum absolute atomic E-state index is 11.2. The molecule has 1 fully saturated rings. The Balaban J connectivity index is 2.71. The van der Waals surface area contributed by atoms with Crippen molar-refractivity contribution in [2.24, 2.45) is 0 Å². The van der Waals surface area contributed by atoms with Gasteiger partial charge in [0.15, 0.2) is 5.78 Å². The number of carbonyl (C=O) groups is 2. The minimum absolute atomic E-state index is 0.0119. The minimum atomic E-state index is -0.276. The molecule has 0 aromatic heterocycles. The zero-order valence-corrected chi connectivity index (χ0v) is 8.24. The molecular formula is C9H15NO3. The summed E-state index contributed by atoms with van der Waals surface area (Å²) in [5.41, 5.74) is 0. The van der Waals surface area contributed by atoms with Gasteiger partial charge in [0.2, 0.25) is 5.91 Å². The van der Waals surface area contributed by atoms with Gasteiger partial charge in [-0.1, -0.05) is 0 Å². The molecule has 0 aromatic carbocycles. The summed E-state index contributed by atoms with van der Waals surface area (Å²) in [6.07, 6.45) is 0.642. The molecule has 0 aromatic rings. The first-order valence-electron chi connectivity index (χ1n) is 4.36. The molecule has 4 heteroatoms. The Morgan fingerprint density at radius 3 is 2.31 bits per heavy atom. The fourth-order valence-corrected chi connectivity index (χ4v) is 1.70. The maximum atomic E-state index is 11.2. The first kappa shape index (κ1) is 10.2. The fraction of sp³-hybridized carbons (Fsp3) is 0.778. The quantitative estimate of drug-likeness (QED) is 0.618. The Hall–Kier alpha value is -0.900. The Bertz CT molecular complexity index is 205. The highest BCUT2D eigenvalue weighted by atomic mass is 16.5. The van der Waals surface area contributed by atoms with Gasteiger partial charge >= 0.3 is 0 Å². The summed E-state index contributed by atoms with van der Waals surface area (Å²) in [5.74, 6) is -0.0190. The van der Waals surface area contributed by atoms with Crippen molar-refractivity contribution in [1.29, 1.82) is 0 Å². The van der Waals surface area contributed by atoms with Crippen LogP contribution in [0.5, 0.6) is 0 Å². The molecule has 74 valence electrons. The lowest BCUT2D eigenvalue weighted by molar-refractivity contribution is -0.135. The second kappa shape index (κ2) is 3.87. The van der Waals surface area contributed by atoms with E-state index in [1.165, 1.54) is 13.8 Å². The molecule has 2 unspecified atom stereocenters. The average Bonchev–Trinajstić information content (AvgIpc) is 2.47. The van der Waals surface area contributed by atoms with Crippen molar-refractivity contribution in [2.45, 2.75) is 32.4 Å². The van der Waals surface area contributed by atoms with Gasteiger partial charge in [0.1, 0.15) is 0 Å². The summed E-state index contributed by atoms with van der Waals surface area (Å²) in [7, 11) is 1.60. The lowest BCUT2D eigenvalue weighted by Crippen LogP contribution is -2.38. The topological polar surface area (TPSA) is 46.6 Å². The fourth-order valence-electron chi connectivity index (χ4n) is 1.70. The summed E-state index contributed by atoms with van der Waals surface area (Å²) >= 11 is 0. The van der Waals surface area contributed by atoms with E-state index >= 15 is 0 Å². The number of amides is 1. The summed E-state index contributed by atoms with van der Waals surface area (Å²) < 4.78 is 5.13. The number of nitrogens with zero attached hydrogens (tertiary/aromatic N) is 1. The van der Waals surface area contributed by atoms with Crippen LogP contribution in [0, 0.1) is 0 Å². The van der Waals surface area contributed by atoms with Gasteiger partial charge in [0.05, 0.1) is 12.1 Å². The van der Waals surface area contributed by atoms with E-state index in [1.54, 1.807) is 12.0 Å². The van der Waals surface area contributed by atoms with E-state index in [1.807, 2.05) is 0 Å². The van der Waals surface area contributed by atoms with Crippen LogP contribution in [-0.4, -0.2) is 42.4 Å². The Morgan fingerprint density at radius 1 is 1.38 bits per heavy atom. The van der Waals surface area contributed by atoms with Gasteiger partial charge in [-0.15, -0.1) is 0 Å². The van der Waals surface area contributed by atoms with Crippen molar-refractivity contribution in [3.05, 3.63) is 0 Å². The molecule has 1 aliphatic heterocycles. The van der Waals surface area contributed by atoms with Gasteiger partial charge in [0, 0.05) is 27.0 Å². The third kappa shape index (κ3) is 2.06. The molecule has 1 aliphatic rings. The molecule has 1 saturated heterocycles. The van der Waals surface area contributed by atoms with E-state index in [0.29, 0.717) is 13.0 Å². The molecule has 13 heavy (non-hydrogen) atoms. The van der Waals surface area contributed by atoms with Crippen LogP contribution in [0.4, 0.5) is 0 Å². The van der Waals surface area contributed by atoms with Gasteiger partial charge in [0.25, 0.3) is 0 Å². The van der Waals surface area contributed by atoms with Crippen LogP contribution in [0.1, 0.15) is 20.3 Å². The molecule has 0 aliphatic carbocycles. The predicted octanol–water partition coefficient (Wildman–Crippen LogP) is 0.211. The summed E-state index contributed by atoms with van der Waals surface area (Å²) in [6, 6.07) is -0.276. The normalized spacial score (nSPS) is 27.8. The molecule has 0 saturated carbocycles. The van der Waals surface area contributed by atoms with Crippen molar-refractivity contribution in [1.82, 2.24) is 4.90 Å². The monoisotopic (exact) mass is 185 g/mol. The molecular weight excluding hydrogens is 170 g/mol. The summed E-state index contributed by atoms with van der Waals surface area (Å²) in [4.78, 5) is 23.9. The molecule has 0 radical (unpaired) electrons. The van der Waals surface area contributed by atoms with Gasteiger partial charge in [-0.05, 0) is 6.92 Å². The molecule has 4 nitrogen and oxygen atoms in total. The Morgan fingerprint density at radius 2 is 2.00 bits per heavy atom. The zero-order valence-electron chi connectivity index (χ0n) is 8.24. The molecule has 2 atom stereocenters. The van der Waals surface area contributed by atoms with Crippen LogP contribution in [0.3, 0.4) is 0 Å². The predicted molar refractivity (Wildman–Crippen MR) is 47.3 cm³/mol. The highest BCUT2D eigenvalue weighted by Crippen LogP contribution is 2.20. The summed E-state index contributed by atoms with van der Waals surface area (Å²) in [6.45, 7) is 3.53. The second-order valence-corrected chi connectivity index (χ2v) is 3.39. The third-order valence-corrected chi connectivity index (χ3v) is 2.47. The molecule has 0 spiro atoms. The van der Waals surface area contributed by atoms with E-state index in [-0.39, 0.29) is 23.8 Å². The second-order valence-electron chi connectivity index (χ2n) is 3.39. The molecule has 0 bridgehead atoms. The van der Waals surface area contributed by atoms with Crippen molar-refractivity contribution >= 4 is 11.7 Å². The smallest absolute Gasteiger partial charge is 0.220 e. The highest BCUT2D eigenvalue weighted by Gasteiger charge is 2.36. The Labute approximate surface area is 77.8 Å². The third-order valence-electron chi connectivity index (χ3n) is 2.47. The zero-order chi connectivity index (χ0) is 10.0. The van der Waals surface area contributed by atoms with Gasteiger partial charge in [-0.3, -0.25) is 9.59 Å². The first-order valence-corrected chi connectivity index (χ1v) is 4.36. The number of likely N-dealkylation sites (tertiary alicyclic amines) is 1. The van der Waals surface area contributed by atoms with Crippen molar-refractivity contribution in [3.8, 4) is 0 Å². The van der Waals surface area contributed by atoms with Gasteiger partial charge < -0.3 is 9.64 Å². The van der Waals surface area contributed by atoms with Crippen molar-refractivity contribution in [2.75, 3.05) is 13.7 Å². The van der Waals surface area contributed by atoms with Gasteiger partial charge in [-0.2, -0.15) is 0 Å². The van der Waals surface area contributed by atoms with E-state index in [0.717, 1.165) is 0 Å². The van der Waals surface area contributed by atoms with E-state index < -0.39 is 0 Å².